The lowest BCUT2D eigenvalue weighted by molar-refractivity contribution is -0.119. The van der Waals surface area contributed by atoms with Crippen LogP contribution in [0.3, 0.4) is 0 Å². The van der Waals surface area contributed by atoms with Gasteiger partial charge in [0.15, 0.2) is 0 Å². The third-order valence-electron chi connectivity index (χ3n) is 4.55. The average Bonchev–Trinajstić information content (AvgIpc) is 2.62. The number of anilines is 3. The smallest absolute Gasteiger partial charge is 0.261 e. The summed E-state index contributed by atoms with van der Waals surface area (Å²) in [7, 11) is -3.77. The maximum atomic E-state index is 12.6. The first-order valence-corrected chi connectivity index (χ1v) is 10.6. The summed E-state index contributed by atoms with van der Waals surface area (Å²) in [5, 5.41) is 2.60. The second-order valence-electron chi connectivity index (χ2n) is 6.81. The molecule has 7 nitrogen and oxygen atoms in total. The molecule has 148 valence electrons. The summed E-state index contributed by atoms with van der Waals surface area (Å²) in [6.07, 6.45) is 2.42. The van der Waals surface area contributed by atoms with E-state index in [2.05, 4.69) is 10.0 Å². The molecule has 1 fully saturated rings. The number of carbonyl (C=O) groups is 2. The minimum atomic E-state index is -3.77. The summed E-state index contributed by atoms with van der Waals surface area (Å²) in [6.45, 7) is 3.93. The molecule has 0 saturated carbocycles. The molecule has 8 heteroatoms. The number of nitrogens with zero attached hydrogens (tertiary/aromatic N) is 1. The molecule has 28 heavy (non-hydrogen) atoms. The second-order valence-corrected chi connectivity index (χ2v) is 8.50. The van der Waals surface area contributed by atoms with Crippen LogP contribution in [-0.4, -0.2) is 26.8 Å². The first-order chi connectivity index (χ1) is 13.3. The number of hydrogen-bond acceptors (Lipinski definition) is 4. The summed E-state index contributed by atoms with van der Waals surface area (Å²) in [5.74, 6) is -0.126. The minimum Gasteiger partial charge on any atom is -0.326 e. The van der Waals surface area contributed by atoms with Crippen LogP contribution in [0.2, 0.25) is 0 Å². The Morgan fingerprint density at radius 1 is 1.04 bits per heavy atom. The van der Waals surface area contributed by atoms with Gasteiger partial charge in [-0.25, -0.2) is 8.42 Å². The number of piperidine rings is 1. The average molecular weight is 401 g/mol. The fourth-order valence-corrected chi connectivity index (χ4v) is 4.27. The van der Waals surface area contributed by atoms with Crippen molar-refractivity contribution in [2.45, 2.75) is 38.0 Å². The highest BCUT2D eigenvalue weighted by atomic mass is 32.2. The second kappa shape index (κ2) is 8.02. The molecule has 1 aliphatic rings. The van der Waals surface area contributed by atoms with Crippen molar-refractivity contribution in [1.29, 1.82) is 0 Å². The fraction of sp³-hybridized carbons (Fsp3) is 0.300. The monoisotopic (exact) mass is 401 g/mol. The zero-order valence-electron chi connectivity index (χ0n) is 15.9. The number of nitrogens with one attached hydrogen (secondary N) is 2. The normalized spacial score (nSPS) is 14.6. The maximum absolute atomic E-state index is 12.6. The van der Waals surface area contributed by atoms with E-state index in [9.17, 15) is 18.0 Å². The molecule has 0 spiro atoms. The first kappa shape index (κ1) is 19.9. The summed E-state index contributed by atoms with van der Waals surface area (Å²) in [5.41, 5.74) is 2.60. The Morgan fingerprint density at radius 3 is 2.32 bits per heavy atom. The van der Waals surface area contributed by atoms with Crippen LogP contribution in [0.1, 0.15) is 31.7 Å². The van der Waals surface area contributed by atoms with Crippen molar-refractivity contribution < 1.29 is 18.0 Å². The lowest BCUT2D eigenvalue weighted by Crippen LogP contribution is -2.35. The Kier molecular flexibility index (Phi) is 5.69. The number of sulfonamides is 1. The molecule has 0 atom stereocenters. The van der Waals surface area contributed by atoms with Crippen LogP contribution < -0.4 is 14.9 Å². The van der Waals surface area contributed by atoms with E-state index in [0.717, 1.165) is 24.1 Å². The molecule has 2 aromatic carbocycles. The summed E-state index contributed by atoms with van der Waals surface area (Å²) in [6, 6.07) is 11.1. The van der Waals surface area contributed by atoms with E-state index in [0.29, 0.717) is 24.3 Å². The van der Waals surface area contributed by atoms with Crippen LogP contribution in [0.25, 0.3) is 0 Å². The van der Waals surface area contributed by atoms with Crippen molar-refractivity contribution in [2.24, 2.45) is 0 Å². The molecule has 0 aromatic heterocycles. The molecule has 1 saturated heterocycles. The first-order valence-electron chi connectivity index (χ1n) is 9.08. The summed E-state index contributed by atoms with van der Waals surface area (Å²) in [4.78, 5) is 25.0. The molecule has 3 rings (SSSR count). The topological polar surface area (TPSA) is 95.6 Å². The van der Waals surface area contributed by atoms with E-state index in [1.54, 1.807) is 23.1 Å². The third-order valence-corrected chi connectivity index (χ3v) is 5.95. The van der Waals surface area contributed by atoms with Gasteiger partial charge in [-0.15, -0.1) is 0 Å². The number of hydrogen-bond donors (Lipinski definition) is 2. The van der Waals surface area contributed by atoms with Gasteiger partial charge >= 0.3 is 0 Å². The molecule has 0 unspecified atom stereocenters. The van der Waals surface area contributed by atoms with E-state index in [4.69, 9.17) is 0 Å². The predicted molar refractivity (Wildman–Crippen MR) is 109 cm³/mol. The van der Waals surface area contributed by atoms with Crippen LogP contribution >= 0.6 is 0 Å². The van der Waals surface area contributed by atoms with Gasteiger partial charge in [0.2, 0.25) is 11.8 Å². The van der Waals surface area contributed by atoms with Crippen molar-refractivity contribution in [2.75, 3.05) is 21.5 Å². The molecule has 2 amide bonds. The van der Waals surface area contributed by atoms with Crippen molar-refractivity contribution in [3.05, 3.63) is 48.0 Å². The van der Waals surface area contributed by atoms with Gasteiger partial charge in [-0.1, -0.05) is 0 Å². The van der Waals surface area contributed by atoms with E-state index in [-0.39, 0.29) is 16.7 Å². The fourth-order valence-electron chi connectivity index (χ4n) is 3.22. The van der Waals surface area contributed by atoms with Gasteiger partial charge in [0.1, 0.15) is 0 Å². The van der Waals surface area contributed by atoms with Crippen LogP contribution in [0.15, 0.2) is 47.4 Å². The van der Waals surface area contributed by atoms with E-state index < -0.39 is 10.0 Å². The van der Waals surface area contributed by atoms with Gasteiger partial charge < -0.3 is 10.2 Å². The van der Waals surface area contributed by atoms with Gasteiger partial charge in [-0.05, 0) is 67.8 Å². The number of benzene rings is 2. The van der Waals surface area contributed by atoms with Crippen LogP contribution in [0, 0.1) is 6.92 Å². The van der Waals surface area contributed by atoms with Crippen molar-refractivity contribution in [1.82, 2.24) is 0 Å². The summed E-state index contributed by atoms with van der Waals surface area (Å²) >= 11 is 0. The Bertz CT molecular complexity index is 1000. The Hall–Kier alpha value is -2.87. The molecule has 2 N–H and O–H groups in total. The molecular weight excluding hydrogens is 378 g/mol. The Labute approximate surface area is 164 Å². The zero-order valence-corrected chi connectivity index (χ0v) is 16.7. The number of amides is 2. The highest BCUT2D eigenvalue weighted by Gasteiger charge is 2.21. The highest BCUT2D eigenvalue weighted by molar-refractivity contribution is 7.92. The van der Waals surface area contributed by atoms with Crippen LogP contribution in [0.4, 0.5) is 17.1 Å². The van der Waals surface area contributed by atoms with Gasteiger partial charge in [-0.3, -0.25) is 14.3 Å². The lowest BCUT2D eigenvalue weighted by Gasteiger charge is -2.28. The lowest BCUT2D eigenvalue weighted by atomic mass is 10.1. The molecule has 1 heterocycles. The van der Waals surface area contributed by atoms with E-state index in [1.165, 1.54) is 31.2 Å². The van der Waals surface area contributed by atoms with Crippen LogP contribution in [0.5, 0.6) is 0 Å². The van der Waals surface area contributed by atoms with Crippen molar-refractivity contribution in [3.63, 3.8) is 0 Å². The van der Waals surface area contributed by atoms with Crippen LogP contribution in [-0.2, 0) is 19.6 Å². The largest absolute Gasteiger partial charge is 0.326 e. The molecule has 0 radical (unpaired) electrons. The quantitative estimate of drug-likeness (QED) is 0.804. The minimum absolute atomic E-state index is 0.0922. The van der Waals surface area contributed by atoms with E-state index >= 15 is 0 Å². The Morgan fingerprint density at radius 2 is 1.71 bits per heavy atom. The summed E-state index contributed by atoms with van der Waals surface area (Å²) < 4.78 is 27.8. The van der Waals surface area contributed by atoms with E-state index in [1.807, 2.05) is 6.92 Å². The SMILES string of the molecule is CC(=O)Nc1ccc(S(=O)(=O)Nc2ccc(N3CCCCC3=O)c(C)c2)cc1. The maximum Gasteiger partial charge on any atom is 0.261 e. The standard InChI is InChI=1S/C20H23N3O4S/c1-14-13-17(8-11-19(14)23-12-4-3-5-20(23)25)22-28(26,27)18-9-6-16(7-10-18)21-15(2)24/h6-11,13,22H,3-5,12H2,1-2H3,(H,21,24). The predicted octanol–water partition coefficient (Wildman–Crippen LogP) is 3.27. The van der Waals surface area contributed by atoms with Gasteiger partial charge in [0.05, 0.1) is 4.90 Å². The zero-order chi connectivity index (χ0) is 20.3. The van der Waals surface area contributed by atoms with Gasteiger partial charge in [0.25, 0.3) is 10.0 Å². The molecule has 0 aliphatic carbocycles. The number of rotatable bonds is 5. The van der Waals surface area contributed by atoms with Gasteiger partial charge in [-0.2, -0.15) is 0 Å². The Balaban J connectivity index is 1.78. The van der Waals surface area contributed by atoms with Crippen molar-refractivity contribution in [3.8, 4) is 0 Å². The molecule has 0 bridgehead atoms. The number of aryl methyl sites for hydroxylation is 1. The van der Waals surface area contributed by atoms with Crippen molar-refractivity contribution >= 4 is 38.9 Å². The molecule has 1 aliphatic heterocycles. The number of carbonyl (C=O) groups excluding carboxylic acids is 2. The molecular formula is C20H23N3O4S. The third kappa shape index (κ3) is 4.51. The highest BCUT2D eigenvalue weighted by Crippen LogP contribution is 2.28. The van der Waals surface area contributed by atoms with Gasteiger partial charge in [0, 0.05) is 37.0 Å². The molecule has 2 aromatic rings.